The van der Waals surface area contributed by atoms with Gasteiger partial charge < -0.3 is 4.57 Å². The van der Waals surface area contributed by atoms with Crippen LogP contribution in [0.5, 0.6) is 0 Å². The van der Waals surface area contributed by atoms with Crippen molar-refractivity contribution in [2.75, 3.05) is 0 Å². The molecule has 0 bridgehead atoms. The van der Waals surface area contributed by atoms with Gasteiger partial charge in [-0.05, 0) is 12.5 Å². The highest BCUT2D eigenvalue weighted by molar-refractivity contribution is 6.30. The number of pyridine rings is 1. The van der Waals surface area contributed by atoms with E-state index >= 15 is 0 Å². The molecule has 0 aliphatic carbocycles. The van der Waals surface area contributed by atoms with Crippen LogP contribution in [-0.2, 0) is 0 Å². The zero-order valence-electron chi connectivity index (χ0n) is 15.3. The number of allylic oxidation sites excluding steroid dienone is 1. The van der Waals surface area contributed by atoms with Gasteiger partial charge >= 0.3 is 0 Å². The molecule has 0 saturated carbocycles. The molecule has 0 aliphatic heterocycles. The van der Waals surface area contributed by atoms with Crippen LogP contribution in [0.25, 0.3) is 0 Å². The molecule has 2 nitrogen and oxygen atoms in total. The van der Waals surface area contributed by atoms with Crippen molar-refractivity contribution < 1.29 is 0 Å². The molecule has 0 aliphatic rings. The highest BCUT2D eigenvalue weighted by Crippen LogP contribution is 2.18. The molecule has 1 rings (SSSR count). The van der Waals surface area contributed by atoms with Gasteiger partial charge in [0.2, 0.25) is 0 Å². The lowest BCUT2D eigenvalue weighted by molar-refractivity contribution is 0.489. The molecule has 136 valence electrons. The van der Waals surface area contributed by atoms with Crippen molar-refractivity contribution in [3.8, 4) is 0 Å². The van der Waals surface area contributed by atoms with Crippen LogP contribution in [0.2, 0.25) is 5.02 Å². The van der Waals surface area contributed by atoms with E-state index in [0.717, 1.165) is 12.8 Å². The fourth-order valence-corrected chi connectivity index (χ4v) is 3.29. The fraction of sp³-hybridized carbons (Fsp3) is 0.667. The van der Waals surface area contributed by atoms with Crippen LogP contribution in [0.3, 0.4) is 0 Å². The highest BCUT2D eigenvalue weighted by atomic mass is 35.5. The maximum atomic E-state index is 11.9. The Kier molecular flexibility index (Phi) is 11.6. The zero-order chi connectivity index (χ0) is 17.6. The quantitative estimate of drug-likeness (QED) is 0.263. The van der Waals surface area contributed by atoms with E-state index in [2.05, 4.69) is 13.5 Å². The van der Waals surface area contributed by atoms with Crippen LogP contribution in [0.1, 0.15) is 90.0 Å². The van der Waals surface area contributed by atoms with Crippen LogP contribution in [0.15, 0.2) is 35.8 Å². The summed E-state index contributed by atoms with van der Waals surface area (Å²) in [6, 6.07) is 3.22. The van der Waals surface area contributed by atoms with E-state index in [-0.39, 0.29) is 11.6 Å². The van der Waals surface area contributed by atoms with Gasteiger partial charge in [0.25, 0.3) is 5.56 Å². The monoisotopic (exact) mass is 351 g/mol. The first-order chi connectivity index (χ1) is 11.7. The van der Waals surface area contributed by atoms with Gasteiger partial charge in [0, 0.05) is 12.3 Å². The summed E-state index contributed by atoms with van der Waals surface area (Å²) in [7, 11) is 0. The average molecular weight is 352 g/mol. The molecule has 1 unspecified atom stereocenters. The second kappa shape index (κ2) is 13.3. The smallest absolute Gasteiger partial charge is 0.251 e. The van der Waals surface area contributed by atoms with Gasteiger partial charge in [-0.25, -0.2) is 0 Å². The summed E-state index contributed by atoms with van der Waals surface area (Å²) in [6.45, 7) is 6.14. The van der Waals surface area contributed by atoms with Gasteiger partial charge in [-0.15, -0.1) is 6.58 Å². The topological polar surface area (TPSA) is 22.0 Å². The second-order valence-corrected chi connectivity index (χ2v) is 7.16. The van der Waals surface area contributed by atoms with Crippen molar-refractivity contribution in [2.45, 2.75) is 90.0 Å². The van der Waals surface area contributed by atoms with Crippen LogP contribution < -0.4 is 5.56 Å². The Labute approximate surface area is 152 Å². The van der Waals surface area contributed by atoms with Crippen molar-refractivity contribution in [1.82, 2.24) is 4.57 Å². The summed E-state index contributed by atoms with van der Waals surface area (Å²) >= 11 is 6.00. The number of unbranched alkanes of at least 4 members (excludes halogenated alkanes) is 10. The third-order valence-electron chi connectivity index (χ3n) is 4.63. The van der Waals surface area contributed by atoms with Crippen LogP contribution in [0, 0.1) is 0 Å². The predicted molar refractivity (Wildman–Crippen MR) is 106 cm³/mol. The molecule has 0 amide bonds. The number of hydrogen-bond donors (Lipinski definition) is 0. The summed E-state index contributed by atoms with van der Waals surface area (Å²) in [5.74, 6) is 0. The van der Waals surface area contributed by atoms with Crippen LogP contribution in [-0.4, -0.2) is 4.57 Å². The van der Waals surface area contributed by atoms with Gasteiger partial charge in [-0.1, -0.05) is 95.2 Å². The van der Waals surface area contributed by atoms with Crippen molar-refractivity contribution in [1.29, 1.82) is 0 Å². The van der Waals surface area contributed by atoms with Gasteiger partial charge in [0.05, 0.1) is 11.1 Å². The third kappa shape index (κ3) is 8.73. The van der Waals surface area contributed by atoms with Gasteiger partial charge in [-0.3, -0.25) is 4.79 Å². The molecule has 3 heteroatoms. The first kappa shape index (κ1) is 21.0. The van der Waals surface area contributed by atoms with E-state index in [1.807, 2.05) is 6.08 Å². The van der Waals surface area contributed by atoms with Gasteiger partial charge in [-0.2, -0.15) is 0 Å². The zero-order valence-corrected chi connectivity index (χ0v) is 16.1. The molecule has 0 aromatic carbocycles. The van der Waals surface area contributed by atoms with Crippen molar-refractivity contribution in [3.05, 3.63) is 46.4 Å². The summed E-state index contributed by atoms with van der Waals surface area (Å²) < 4.78 is 1.70. The van der Waals surface area contributed by atoms with Gasteiger partial charge in [0.15, 0.2) is 0 Å². The molecule has 0 spiro atoms. The minimum Gasteiger partial charge on any atom is -0.307 e. The lowest BCUT2D eigenvalue weighted by Gasteiger charge is -2.16. The molecule has 0 fully saturated rings. The maximum absolute atomic E-state index is 11.9. The lowest BCUT2D eigenvalue weighted by Crippen LogP contribution is -2.22. The summed E-state index contributed by atoms with van der Waals surface area (Å²) in [4.78, 5) is 11.9. The highest BCUT2D eigenvalue weighted by Gasteiger charge is 2.08. The number of rotatable bonds is 14. The van der Waals surface area contributed by atoms with E-state index in [9.17, 15) is 4.79 Å². The first-order valence-corrected chi connectivity index (χ1v) is 10.1. The number of hydrogen-bond acceptors (Lipinski definition) is 1. The molecule has 0 radical (unpaired) electrons. The Morgan fingerprint density at radius 3 is 2.08 bits per heavy atom. The third-order valence-corrected chi connectivity index (χ3v) is 4.86. The maximum Gasteiger partial charge on any atom is 0.251 e. The molecule has 0 N–H and O–H groups in total. The average Bonchev–Trinajstić information content (AvgIpc) is 2.58. The molecule has 0 saturated heterocycles. The molecule has 24 heavy (non-hydrogen) atoms. The molecule has 1 aromatic heterocycles. The Hall–Kier alpha value is -1.02. The standard InChI is InChI=1S/C21H34ClNO/c1-3-5-6-7-8-9-10-11-12-13-14-15-20(4-2)23-18-19(22)16-17-21(23)24/h4,16-18,20H,2-3,5-15H2,1H3. The van der Waals surface area contributed by atoms with Crippen LogP contribution >= 0.6 is 11.6 Å². The SMILES string of the molecule is C=CC(CCCCCCCCCCCCC)n1cc(Cl)ccc1=O. The van der Waals surface area contributed by atoms with E-state index in [4.69, 9.17) is 11.6 Å². The minimum atomic E-state index is -0.00706. The number of nitrogens with zero attached hydrogens (tertiary/aromatic N) is 1. The number of aromatic nitrogens is 1. The second-order valence-electron chi connectivity index (χ2n) is 6.72. The molecule has 1 heterocycles. The Morgan fingerprint density at radius 1 is 1.00 bits per heavy atom. The lowest BCUT2D eigenvalue weighted by atomic mass is 10.0. The summed E-state index contributed by atoms with van der Waals surface area (Å²) in [5, 5.41) is 0.598. The largest absolute Gasteiger partial charge is 0.307 e. The van der Waals surface area contributed by atoms with E-state index in [1.165, 1.54) is 70.3 Å². The Balaban J connectivity index is 2.12. The Morgan fingerprint density at radius 2 is 1.54 bits per heavy atom. The van der Waals surface area contributed by atoms with Gasteiger partial charge in [0.1, 0.15) is 0 Å². The van der Waals surface area contributed by atoms with Crippen LogP contribution in [0.4, 0.5) is 0 Å². The summed E-state index contributed by atoms with van der Waals surface area (Å²) in [5.41, 5.74) is -0.00706. The summed E-state index contributed by atoms with van der Waals surface area (Å²) in [6.07, 6.45) is 19.2. The molecule has 1 atom stereocenters. The van der Waals surface area contributed by atoms with E-state index < -0.39 is 0 Å². The number of halogens is 1. The van der Waals surface area contributed by atoms with E-state index in [1.54, 1.807) is 16.8 Å². The molecular weight excluding hydrogens is 318 g/mol. The van der Waals surface area contributed by atoms with Crippen molar-refractivity contribution in [2.24, 2.45) is 0 Å². The normalized spacial score (nSPS) is 12.2. The molecular formula is C21H34ClNO. The van der Waals surface area contributed by atoms with E-state index in [0.29, 0.717) is 5.02 Å². The Bertz CT molecular complexity index is 509. The minimum absolute atomic E-state index is 0.00706. The van der Waals surface area contributed by atoms with Crippen molar-refractivity contribution in [3.63, 3.8) is 0 Å². The predicted octanol–water partition coefficient (Wildman–Crippen LogP) is 6.93. The van der Waals surface area contributed by atoms with Crippen molar-refractivity contribution >= 4 is 11.6 Å². The molecule has 1 aromatic rings. The first-order valence-electron chi connectivity index (χ1n) is 9.69. The fourth-order valence-electron chi connectivity index (χ4n) is 3.12.